The average Bonchev–Trinajstić information content (AvgIpc) is 3.72. The number of thioether (sulfide) groups is 1. The normalized spacial score (nSPS) is 21.7. The van der Waals surface area contributed by atoms with Crippen molar-refractivity contribution in [3.05, 3.63) is 12.7 Å². The molecule has 1 aliphatic rings. The van der Waals surface area contributed by atoms with E-state index >= 15 is 0 Å². The van der Waals surface area contributed by atoms with Crippen LogP contribution in [-0.4, -0.2) is 160 Å². The number of amides is 2. The van der Waals surface area contributed by atoms with Crippen molar-refractivity contribution in [2.75, 3.05) is 58.4 Å². The van der Waals surface area contributed by atoms with Gasteiger partial charge in [-0.05, 0) is 12.8 Å². The molecule has 0 saturated carbocycles. The summed E-state index contributed by atoms with van der Waals surface area (Å²) < 4.78 is 62.2. The van der Waals surface area contributed by atoms with Gasteiger partial charge in [-0.2, -0.15) is 4.31 Å². The molecule has 0 bridgehead atoms. The maximum atomic E-state index is 12.7. The van der Waals surface area contributed by atoms with Crippen molar-refractivity contribution in [3.63, 3.8) is 0 Å². The molecule has 3 heterocycles. The van der Waals surface area contributed by atoms with E-state index in [9.17, 15) is 57.9 Å². The third-order valence-electron chi connectivity index (χ3n) is 8.45. The van der Waals surface area contributed by atoms with E-state index in [4.69, 9.17) is 31.0 Å². The Labute approximate surface area is 352 Å². The number of nitrogen functional groups attached to an aromatic ring is 1. The molecule has 346 valence electrons. The van der Waals surface area contributed by atoms with Gasteiger partial charge in [0, 0.05) is 51.3 Å². The molecule has 61 heavy (non-hydrogen) atoms. The van der Waals surface area contributed by atoms with Crippen molar-refractivity contribution in [1.82, 2.24) is 35.1 Å². The maximum absolute atomic E-state index is 12.7. The molecule has 1 saturated heterocycles. The fourth-order valence-corrected chi connectivity index (χ4v) is 8.72. The summed E-state index contributed by atoms with van der Waals surface area (Å²) in [6.45, 7) is 0.745. The van der Waals surface area contributed by atoms with Crippen LogP contribution in [0.3, 0.4) is 0 Å². The first-order chi connectivity index (χ1) is 28.2. The van der Waals surface area contributed by atoms with Crippen LogP contribution in [-0.2, 0) is 50.7 Å². The number of aliphatic hydroxyl groups excluding tert-OH is 2. The number of aliphatic hydroxyl groups is 2. The number of anilines is 1. The van der Waals surface area contributed by atoms with Crippen LogP contribution in [0.4, 0.5) is 5.82 Å². The lowest BCUT2D eigenvalue weighted by Gasteiger charge is -2.30. The Hall–Kier alpha value is -3.21. The van der Waals surface area contributed by atoms with Crippen LogP contribution in [0.25, 0.3) is 11.2 Å². The summed E-state index contributed by atoms with van der Waals surface area (Å²) in [6.07, 6.45) is -6.06. The quantitative estimate of drug-likeness (QED) is 0.0227. The molecule has 8 atom stereocenters. The van der Waals surface area contributed by atoms with Crippen molar-refractivity contribution in [2.24, 2.45) is 21.9 Å². The number of nitrogens with one attached hydrogen (secondary N) is 2. The van der Waals surface area contributed by atoms with Crippen molar-refractivity contribution >= 4 is 75.1 Å². The summed E-state index contributed by atoms with van der Waals surface area (Å²) in [7, 11) is -12.9. The Morgan fingerprint density at radius 3 is 2.41 bits per heavy atom. The van der Waals surface area contributed by atoms with E-state index < -0.39 is 90.6 Å². The number of imidazole rings is 1. The van der Waals surface area contributed by atoms with Crippen LogP contribution in [0.15, 0.2) is 17.6 Å². The number of phosphoric acid groups is 3. The fraction of sp³-hybridized carbons (Fsp3) is 0.690. The number of fused-ring (bicyclic) bond motifs is 1. The summed E-state index contributed by atoms with van der Waals surface area (Å²) in [5.41, 5.74) is 15.9. The van der Waals surface area contributed by atoms with Gasteiger partial charge in [-0.25, -0.2) is 28.6 Å². The monoisotopic (exact) mass is 951 g/mol. The standard InChI is InChI=1S/C29H52N11O17P3S/c1-29(2,22(43)25(44)34-9-7-18(41)33-10-11-61-27(45)16(30)6-5-8-35-28(32)39(3)4)13-54-60(51,52)57-59(49,50)53-12-17-21(56-58(46,47)48)20(42)26(55-17)40-15-38-19-23(31)36-14-37-24(19)40/h14-17,20-22,26,42-43H,5-13,30H2,1-4H3,(H2,32,35)(H,33,41)(H,34,44)(H,49,50)(H,51,52)(H2,31,36,37)(H2,46,47,48)/t16-,17?,20?,21?,22?,26?/m0/s1. The van der Waals surface area contributed by atoms with Crippen LogP contribution in [0, 0.1) is 5.41 Å². The van der Waals surface area contributed by atoms with Crippen molar-refractivity contribution < 1.29 is 80.5 Å². The second kappa shape index (κ2) is 22.4. The third-order valence-corrected chi connectivity index (χ3v) is 12.5. The van der Waals surface area contributed by atoms with E-state index in [1.54, 1.807) is 19.0 Å². The molecule has 2 amide bonds. The Morgan fingerprint density at radius 1 is 1.08 bits per heavy atom. The lowest BCUT2D eigenvalue weighted by Crippen LogP contribution is -2.46. The van der Waals surface area contributed by atoms with Crippen LogP contribution in [0.2, 0.25) is 0 Å². The van der Waals surface area contributed by atoms with E-state index in [1.165, 1.54) is 13.8 Å². The van der Waals surface area contributed by atoms with Gasteiger partial charge in [-0.3, -0.25) is 37.5 Å². The predicted octanol–water partition coefficient (Wildman–Crippen LogP) is -2.35. The number of rotatable bonds is 24. The van der Waals surface area contributed by atoms with Gasteiger partial charge in [0.05, 0.1) is 25.6 Å². The molecule has 7 unspecified atom stereocenters. The van der Waals surface area contributed by atoms with E-state index in [0.717, 1.165) is 29.0 Å². The lowest BCUT2D eigenvalue weighted by molar-refractivity contribution is -0.137. The number of phosphoric ester groups is 3. The summed E-state index contributed by atoms with van der Waals surface area (Å²) in [5, 5.41) is 26.1. The smallest absolute Gasteiger partial charge is 0.386 e. The minimum atomic E-state index is -5.59. The van der Waals surface area contributed by atoms with Crippen LogP contribution >= 0.6 is 35.2 Å². The lowest BCUT2D eigenvalue weighted by atomic mass is 9.87. The van der Waals surface area contributed by atoms with Crippen molar-refractivity contribution in [2.45, 2.75) is 69.8 Å². The van der Waals surface area contributed by atoms with Crippen LogP contribution in [0.1, 0.15) is 39.3 Å². The number of nitrogens with two attached hydrogens (primary N) is 3. The minimum Gasteiger partial charge on any atom is -0.386 e. The Balaban J connectivity index is 1.43. The highest BCUT2D eigenvalue weighted by Gasteiger charge is 2.50. The molecule has 14 N–H and O–H groups in total. The molecule has 2 aromatic heterocycles. The summed E-state index contributed by atoms with van der Waals surface area (Å²) in [6, 6.07) is -0.714. The molecule has 0 aromatic carbocycles. The second-order valence-electron chi connectivity index (χ2n) is 14.1. The Morgan fingerprint density at radius 2 is 1.75 bits per heavy atom. The fourth-order valence-electron chi connectivity index (χ4n) is 5.15. The minimum absolute atomic E-state index is 0.0243. The molecular formula is C29H52N11O17P3S. The maximum Gasteiger partial charge on any atom is 0.481 e. The van der Waals surface area contributed by atoms with Gasteiger partial charge in [0.15, 0.2) is 23.7 Å². The first-order valence-electron chi connectivity index (χ1n) is 18.0. The zero-order valence-electron chi connectivity index (χ0n) is 33.3. The second-order valence-corrected chi connectivity index (χ2v) is 19.5. The highest BCUT2D eigenvalue weighted by molar-refractivity contribution is 8.13. The molecular weight excluding hydrogens is 899 g/mol. The van der Waals surface area contributed by atoms with E-state index in [-0.39, 0.29) is 47.4 Å². The molecule has 32 heteroatoms. The zero-order valence-corrected chi connectivity index (χ0v) is 36.8. The van der Waals surface area contributed by atoms with Crippen LogP contribution < -0.4 is 27.8 Å². The predicted molar refractivity (Wildman–Crippen MR) is 214 cm³/mol. The number of aliphatic imine (C=N–C) groups is 1. The molecule has 1 aliphatic heterocycles. The zero-order chi connectivity index (χ0) is 45.9. The molecule has 0 spiro atoms. The third kappa shape index (κ3) is 16.5. The number of guanidine groups is 1. The number of carbonyl (C=O) groups excluding carboxylic acids is 3. The number of carbonyl (C=O) groups is 3. The Kier molecular flexibility index (Phi) is 19.2. The SMILES string of the molecule is CN(C)C(N)=NCCC[C@H](N)C(=O)SCCNC(=O)CCNC(=O)C(O)C(C)(C)COP(=O)(O)OP(=O)(O)OCC1OC(n2cnc3c(N)ncnc32)C(O)C1OP(=O)(O)O. The van der Waals surface area contributed by atoms with E-state index in [1.807, 2.05) is 0 Å². The summed E-state index contributed by atoms with van der Waals surface area (Å²) in [5.74, 6) is -0.922. The van der Waals surface area contributed by atoms with Gasteiger partial charge in [0.2, 0.25) is 16.9 Å². The van der Waals surface area contributed by atoms with E-state index in [2.05, 4.69) is 39.4 Å². The Bertz CT molecular complexity index is 2010. The average molecular weight is 952 g/mol. The van der Waals surface area contributed by atoms with E-state index in [0.29, 0.717) is 25.3 Å². The largest absolute Gasteiger partial charge is 0.481 e. The number of aromatic nitrogens is 4. The summed E-state index contributed by atoms with van der Waals surface area (Å²) in [4.78, 5) is 93.9. The number of hydrogen-bond acceptors (Lipinski definition) is 20. The van der Waals surface area contributed by atoms with Crippen molar-refractivity contribution in [3.8, 4) is 0 Å². The van der Waals surface area contributed by atoms with Crippen LogP contribution in [0.5, 0.6) is 0 Å². The first kappa shape index (κ1) is 52.1. The van der Waals surface area contributed by atoms with Gasteiger partial charge in [-0.15, -0.1) is 0 Å². The molecule has 0 radical (unpaired) electrons. The molecule has 2 aromatic rings. The number of ether oxygens (including phenoxy) is 1. The first-order valence-corrected chi connectivity index (χ1v) is 23.5. The van der Waals surface area contributed by atoms with Gasteiger partial charge in [0.1, 0.15) is 36.3 Å². The van der Waals surface area contributed by atoms with Gasteiger partial charge in [0.25, 0.3) is 0 Å². The van der Waals surface area contributed by atoms with Gasteiger partial charge in [-0.1, -0.05) is 25.6 Å². The molecule has 1 fully saturated rings. The number of hydrogen-bond donors (Lipinski definition) is 11. The topological polar surface area (TPSA) is 431 Å². The van der Waals surface area contributed by atoms with Gasteiger partial charge >= 0.3 is 23.5 Å². The highest BCUT2D eigenvalue weighted by Crippen LogP contribution is 2.61. The summed E-state index contributed by atoms with van der Waals surface area (Å²) >= 11 is 0.954. The molecule has 0 aliphatic carbocycles. The highest BCUT2D eigenvalue weighted by atomic mass is 32.2. The van der Waals surface area contributed by atoms with Gasteiger partial charge < -0.3 is 67.3 Å². The molecule has 28 nitrogen and oxygen atoms in total. The number of nitrogens with zero attached hydrogens (tertiary/aromatic N) is 6. The van der Waals surface area contributed by atoms with Crippen molar-refractivity contribution in [1.29, 1.82) is 0 Å². The molecule has 3 rings (SSSR count).